The highest BCUT2D eigenvalue weighted by Gasteiger charge is 2.32. The molecule has 3 aromatic carbocycles. The van der Waals surface area contributed by atoms with Crippen LogP contribution < -0.4 is 4.74 Å². The molecule has 2 heterocycles. The maximum absolute atomic E-state index is 11.3. The number of fused-ring (bicyclic) bond motifs is 1. The Bertz CT molecular complexity index is 1190. The van der Waals surface area contributed by atoms with Crippen molar-refractivity contribution >= 4 is 10.9 Å². The van der Waals surface area contributed by atoms with Gasteiger partial charge < -0.3 is 9.94 Å². The topological polar surface area (TPSA) is 37.6 Å². The summed E-state index contributed by atoms with van der Waals surface area (Å²) in [6.07, 6.45) is 2.37. The molecule has 0 amide bonds. The Morgan fingerprint density at radius 1 is 0.875 bits per heavy atom. The highest BCUT2D eigenvalue weighted by molar-refractivity contribution is 5.92. The van der Waals surface area contributed by atoms with Crippen LogP contribution in [0.1, 0.15) is 36.9 Å². The van der Waals surface area contributed by atoms with Crippen LogP contribution in [-0.4, -0.2) is 35.0 Å². The van der Waals surface area contributed by atoms with E-state index in [-0.39, 0.29) is 6.04 Å². The first-order valence-electron chi connectivity index (χ1n) is 11.4. The lowest BCUT2D eigenvalue weighted by Crippen LogP contribution is -2.37. The van der Waals surface area contributed by atoms with Crippen molar-refractivity contribution in [1.82, 2.24) is 9.63 Å². The Balaban J connectivity index is 1.76. The smallest absolute Gasteiger partial charge is 0.118 e. The first-order valence-corrected chi connectivity index (χ1v) is 11.4. The summed E-state index contributed by atoms with van der Waals surface area (Å²) in [5.41, 5.74) is 5.10. The number of nitrogens with zero attached hydrogens (tertiary/aromatic N) is 2. The van der Waals surface area contributed by atoms with Crippen LogP contribution in [0.5, 0.6) is 5.75 Å². The molecule has 0 aliphatic carbocycles. The summed E-state index contributed by atoms with van der Waals surface area (Å²) in [7, 11) is 1.70. The largest absolute Gasteiger partial charge is 0.497 e. The first kappa shape index (κ1) is 20.7. The molecule has 1 aliphatic heterocycles. The van der Waals surface area contributed by atoms with Gasteiger partial charge in [-0.2, -0.15) is 4.73 Å². The van der Waals surface area contributed by atoms with Gasteiger partial charge in [-0.3, -0.25) is 4.90 Å². The zero-order valence-electron chi connectivity index (χ0n) is 18.7. The number of hydrogen-bond donors (Lipinski definition) is 1. The van der Waals surface area contributed by atoms with E-state index in [2.05, 4.69) is 48.2 Å². The van der Waals surface area contributed by atoms with Crippen LogP contribution in [0.15, 0.2) is 78.9 Å². The molecule has 0 saturated carbocycles. The number of benzene rings is 3. The van der Waals surface area contributed by atoms with Crippen LogP contribution in [0.2, 0.25) is 0 Å². The van der Waals surface area contributed by atoms with Crippen molar-refractivity contribution in [2.45, 2.75) is 25.8 Å². The minimum absolute atomic E-state index is 0.0434. The molecule has 32 heavy (non-hydrogen) atoms. The Kier molecular flexibility index (Phi) is 5.62. The van der Waals surface area contributed by atoms with Gasteiger partial charge in [0, 0.05) is 16.5 Å². The van der Waals surface area contributed by atoms with Crippen molar-refractivity contribution < 1.29 is 9.94 Å². The molecule has 0 spiro atoms. The van der Waals surface area contributed by atoms with Gasteiger partial charge in [0.2, 0.25) is 0 Å². The number of likely N-dealkylation sites (tertiary alicyclic amines) is 1. The maximum atomic E-state index is 11.3. The van der Waals surface area contributed by atoms with Gasteiger partial charge in [-0.15, -0.1) is 0 Å². The predicted molar refractivity (Wildman–Crippen MR) is 129 cm³/mol. The van der Waals surface area contributed by atoms with Crippen LogP contribution in [0, 0.1) is 5.92 Å². The highest BCUT2D eigenvalue weighted by Crippen LogP contribution is 2.43. The van der Waals surface area contributed by atoms with Crippen LogP contribution in [0.4, 0.5) is 0 Å². The summed E-state index contributed by atoms with van der Waals surface area (Å²) in [6.45, 7) is 4.42. The minimum Gasteiger partial charge on any atom is -0.497 e. The van der Waals surface area contributed by atoms with Gasteiger partial charge in [0.1, 0.15) is 5.75 Å². The highest BCUT2D eigenvalue weighted by atomic mass is 16.5. The molecule has 0 radical (unpaired) electrons. The van der Waals surface area contributed by atoms with E-state index in [1.165, 1.54) is 23.1 Å². The molecular formula is C28H30N2O2. The Morgan fingerprint density at radius 2 is 1.53 bits per heavy atom. The van der Waals surface area contributed by atoms with Gasteiger partial charge in [-0.1, -0.05) is 67.6 Å². The van der Waals surface area contributed by atoms with E-state index in [9.17, 15) is 5.21 Å². The molecule has 4 nitrogen and oxygen atoms in total. The standard InChI is InChI=1S/C28H30N2O2/c1-20-16-18-29(19-17-20)27(22-12-14-23(32-2)15-13-22)26-24-10-6-7-11-25(24)30(31)28(26)21-8-4-3-5-9-21/h3-15,20,27,31H,16-19H2,1-2H3. The number of rotatable bonds is 5. The van der Waals surface area contributed by atoms with Crippen molar-refractivity contribution in [1.29, 1.82) is 0 Å². The van der Waals surface area contributed by atoms with Crippen LogP contribution in [-0.2, 0) is 0 Å². The molecule has 4 heteroatoms. The van der Waals surface area contributed by atoms with Gasteiger partial charge in [0.15, 0.2) is 0 Å². The third kappa shape index (κ3) is 3.65. The Hall–Kier alpha value is -3.24. The lowest BCUT2D eigenvalue weighted by molar-refractivity contribution is 0.157. The molecule has 5 rings (SSSR count). The molecule has 0 bridgehead atoms. The van der Waals surface area contributed by atoms with E-state index < -0.39 is 0 Å². The first-order chi connectivity index (χ1) is 15.7. The molecule has 1 aliphatic rings. The van der Waals surface area contributed by atoms with Gasteiger partial charge in [0.05, 0.1) is 24.4 Å². The Morgan fingerprint density at radius 3 is 2.22 bits per heavy atom. The molecule has 1 N–H and O–H groups in total. The summed E-state index contributed by atoms with van der Waals surface area (Å²) < 4.78 is 6.80. The van der Waals surface area contributed by atoms with Crippen molar-refractivity contribution in [2.24, 2.45) is 5.92 Å². The van der Waals surface area contributed by atoms with Crippen molar-refractivity contribution in [3.8, 4) is 17.0 Å². The van der Waals surface area contributed by atoms with Crippen molar-refractivity contribution in [3.05, 3.63) is 90.0 Å². The number of piperidine rings is 1. The molecule has 164 valence electrons. The number of methoxy groups -OCH3 is 1. The monoisotopic (exact) mass is 426 g/mol. The molecule has 1 aromatic heterocycles. The van der Waals surface area contributed by atoms with Gasteiger partial charge in [-0.25, -0.2) is 0 Å². The molecule has 1 fully saturated rings. The average molecular weight is 427 g/mol. The van der Waals surface area contributed by atoms with E-state index in [0.29, 0.717) is 0 Å². The van der Waals surface area contributed by atoms with Gasteiger partial charge in [0.25, 0.3) is 0 Å². The predicted octanol–water partition coefficient (Wildman–Crippen LogP) is 6.38. The van der Waals surface area contributed by atoms with Crippen LogP contribution >= 0.6 is 0 Å². The zero-order valence-corrected chi connectivity index (χ0v) is 18.7. The Labute approximate surface area is 189 Å². The lowest BCUT2D eigenvalue weighted by atomic mass is 9.89. The summed E-state index contributed by atoms with van der Waals surface area (Å²) in [5.74, 6) is 1.60. The zero-order chi connectivity index (χ0) is 22.1. The van der Waals surface area contributed by atoms with E-state index in [1.54, 1.807) is 7.11 Å². The SMILES string of the molecule is COc1ccc(C(c2c(-c3ccccc3)n(O)c3ccccc23)N2CCC(C)CC2)cc1. The lowest BCUT2D eigenvalue weighted by Gasteiger charge is -2.37. The summed E-state index contributed by atoms with van der Waals surface area (Å²) >= 11 is 0. The van der Waals surface area contributed by atoms with Gasteiger partial charge >= 0.3 is 0 Å². The quantitative estimate of drug-likeness (QED) is 0.377. The normalized spacial score (nSPS) is 16.3. The third-order valence-electron chi connectivity index (χ3n) is 6.82. The molecule has 1 atom stereocenters. The van der Waals surface area contributed by atoms with E-state index in [0.717, 1.165) is 52.5 Å². The summed E-state index contributed by atoms with van der Waals surface area (Å²) in [6, 6.07) is 26.8. The summed E-state index contributed by atoms with van der Waals surface area (Å²) in [4.78, 5) is 2.58. The molecular weight excluding hydrogens is 396 g/mol. The van der Waals surface area contributed by atoms with Crippen molar-refractivity contribution in [3.63, 3.8) is 0 Å². The number of aromatic nitrogens is 1. The summed E-state index contributed by atoms with van der Waals surface area (Å²) in [5, 5.41) is 12.4. The second kappa shape index (κ2) is 8.71. The van der Waals surface area contributed by atoms with Crippen molar-refractivity contribution in [2.75, 3.05) is 20.2 Å². The maximum Gasteiger partial charge on any atom is 0.118 e. The molecule has 4 aromatic rings. The van der Waals surface area contributed by atoms with Crippen LogP contribution in [0.3, 0.4) is 0 Å². The van der Waals surface area contributed by atoms with E-state index >= 15 is 0 Å². The number of hydrogen-bond acceptors (Lipinski definition) is 3. The molecule has 1 saturated heterocycles. The number of para-hydroxylation sites is 1. The third-order valence-corrected chi connectivity index (χ3v) is 6.82. The average Bonchev–Trinajstić information content (AvgIpc) is 3.14. The van der Waals surface area contributed by atoms with Gasteiger partial charge in [-0.05, 0) is 55.6 Å². The second-order valence-corrected chi connectivity index (χ2v) is 8.85. The minimum atomic E-state index is 0.0434. The fraction of sp³-hybridized carbons (Fsp3) is 0.286. The van der Waals surface area contributed by atoms with E-state index in [1.807, 2.05) is 42.5 Å². The van der Waals surface area contributed by atoms with E-state index in [4.69, 9.17) is 4.74 Å². The number of ether oxygens (including phenoxy) is 1. The van der Waals surface area contributed by atoms with Crippen LogP contribution in [0.25, 0.3) is 22.2 Å². The second-order valence-electron chi connectivity index (χ2n) is 8.85. The molecule has 1 unspecified atom stereocenters. The fourth-order valence-corrected chi connectivity index (χ4v) is 5.03. The fourth-order valence-electron chi connectivity index (χ4n) is 5.03.